The molecule has 1 aliphatic rings. The first-order valence-electron chi connectivity index (χ1n) is 8.47. The Hall–Kier alpha value is -2.82. The van der Waals surface area contributed by atoms with Gasteiger partial charge in [-0.05, 0) is 63.4 Å². The number of carbonyl (C=O) groups excluding carboxylic acids is 1. The maximum absolute atomic E-state index is 12.7. The van der Waals surface area contributed by atoms with Gasteiger partial charge in [0.15, 0.2) is 5.76 Å². The Labute approximate surface area is 146 Å². The monoisotopic (exact) mass is 336 g/mol. The summed E-state index contributed by atoms with van der Waals surface area (Å²) in [6.45, 7) is 3.65. The average Bonchev–Trinajstić information content (AvgIpc) is 3.29. The summed E-state index contributed by atoms with van der Waals surface area (Å²) in [6.07, 6.45) is 3.16. The van der Waals surface area contributed by atoms with E-state index in [1.54, 1.807) is 18.0 Å². The van der Waals surface area contributed by atoms with Crippen LogP contribution in [0.25, 0.3) is 11.3 Å². The third-order valence-electron chi connectivity index (χ3n) is 4.80. The van der Waals surface area contributed by atoms with E-state index in [0.717, 1.165) is 47.7 Å². The molecule has 0 fully saturated rings. The van der Waals surface area contributed by atoms with E-state index >= 15 is 0 Å². The van der Waals surface area contributed by atoms with Crippen LogP contribution in [0.2, 0.25) is 0 Å². The number of nitrogens with zero attached hydrogens (tertiary/aromatic N) is 2. The van der Waals surface area contributed by atoms with Crippen molar-refractivity contribution in [3.8, 4) is 11.3 Å². The lowest BCUT2D eigenvalue weighted by atomic mass is 10.1. The molecule has 4 rings (SSSR count). The van der Waals surface area contributed by atoms with Crippen LogP contribution in [0.1, 0.15) is 39.6 Å². The minimum Gasteiger partial charge on any atom is -0.466 e. The van der Waals surface area contributed by atoms with E-state index in [2.05, 4.69) is 5.16 Å². The lowest BCUT2D eigenvalue weighted by Crippen LogP contribution is -2.26. The Morgan fingerprint density at radius 3 is 2.60 bits per heavy atom. The number of anilines is 1. The van der Waals surface area contributed by atoms with Crippen LogP contribution in [-0.2, 0) is 12.8 Å². The third-order valence-corrected chi connectivity index (χ3v) is 4.80. The number of carbonyl (C=O) groups is 1. The highest BCUT2D eigenvalue weighted by atomic mass is 16.5. The van der Waals surface area contributed by atoms with Crippen LogP contribution in [0.4, 0.5) is 5.69 Å². The first kappa shape index (κ1) is 15.7. The molecule has 5 heteroatoms. The zero-order valence-corrected chi connectivity index (χ0v) is 14.6. The SMILES string of the molecule is Cc1cc(C(=O)N(C)c2ccc(-c3onc4c3CCC4)cc2)c(C)o1. The molecule has 3 aromatic rings. The summed E-state index contributed by atoms with van der Waals surface area (Å²) in [7, 11) is 1.77. The summed E-state index contributed by atoms with van der Waals surface area (Å²) < 4.78 is 11.0. The maximum Gasteiger partial charge on any atom is 0.261 e. The van der Waals surface area contributed by atoms with E-state index in [9.17, 15) is 4.79 Å². The fraction of sp³-hybridized carbons (Fsp3) is 0.300. The molecule has 0 aliphatic heterocycles. The molecule has 128 valence electrons. The molecule has 1 aromatic carbocycles. The predicted octanol–water partition coefficient (Wildman–Crippen LogP) is 4.32. The highest BCUT2D eigenvalue weighted by Gasteiger charge is 2.23. The molecule has 0 radical (unpaired) electrons. The topological polar surface area (TPSA) is 59.5 Å². The predicted molar refractivity (Wildman–Crippen MR) is 94.9 cm³/mol. The van der Waals surface area contributed by atoms with E-state index in [1.807, 2.05) is 38.1 Å². The molecule has 1 aliphatic carbocycles. The standard InChI is InChI=1S/C20H20N2O3/c1-12-11-17(13(2)24-12)20(23)22(3)15-9-7-14(8-10-15)19-16-5-4-6-18(16)21-25-19/h7-11H,4-6H2,1-3H3. The molecule has 0 atom stereocenters. The summed E-state index contributed by atoms with van der Waals surface area (Å²) in [6, 6.07) is 9.59. The molecule has 25 heavy (non-hydrogen) atoms. The van der Waals surface area contributed by atoms with E-state index in [0.29, 0.717) is 11.3 Å². The summed E-state index contributed by atoms with van der Waals surface area (Å²) in [4.78, 5) is 14.3. The molecule has 1 amide bonds. The number of fused-ring (bicyclic) bond motifs is 1. The molecule has 0 unspecified atom stereocenters. The number of hydrogen-bond acceptors (Lipinski definition) is 4. The van der Waals surface area contributed by atoms with Crippen molar-refractivity contribution in [2.24, 2.45) is 0 Å². The quantitative estimate of drug-likeness (QED) is 0.715. The average molecular weight is 336 g/mol. The second-order valence-electron chi connectivity index (χ2n) is 6.53. The van der Waals surface area contributed by atoms with Gasteiger partial charge in [0, 0.05) is 23.9 Å². The molecule has 0 bridgehead atoms. The molecular weight excluding hydrogens is 316 g/mol. The second kappa shape index (κ2) is 5.92. The van der Waals surface area contributed by atoms with Crippen LogP contribution in [0.15, 0.2) is 39.3 Å². The molecule has 2 aromatic heterocycles. The number of aryl methyl sites for hydroxylation is 3. The Bertz CT molecular complexity index is 935. The third kappa shape index (κ3) is 2.65. The van der Waals surface area contributed by atoms with Gasteiger partial charge in [-0.15, -0.1) is 0 Å². The lowest BCUT2D eigenvalue weighted by Gasteiger charge is -2.17. The van der Waals surface area contributed by atoms with Crippen LogP contribution in [0.3, 0.4) is 0 Å². The summed E-state index contributed by atoms with van der Waals surface area (Å²) in [5.41, 5.74) is 4.72. The van der Waals surface area contributed by atoms with Crippen molar-refractivity contribution < 1.29 is 13.7 Å². The maximum atomic E-state index is 12.7. The highest BCUT2D eigenvalue weighted by molar-refractivity contribution is 6.06. The van der Waals surface area contributed by atoms with Crippen molar-refractivity contribution in [1.29, 1.82) is 0 Å². The number of hydrogen-bond donors (Lipinski definition) is 0. The fourth-order valence-electron chi connectivity index (χ4n) is 3.43. The second-order valence-corrected chi connectivity index (χ2v) is 6.53. The van der Waals surface area contributed by atoms with Gasteiger partial charge in [0.1, 0.15) is 11.5 Å². The Kier molecular flexibility index (Phi) is 3.71. The number of benzene rings is 1. The van der Waals surface area contributed by atoms with Crippen molar-refractivity contribution in [2.75, 3.05) is 11.9 Å². The highest BCUT2D eigenvalue weighted by Crippen LogP contribution is 2.33. The smallest absolute Gasteiger partial charge is 0.261 e. The molecular formula is C20H20N2O3. The molecule has 0 N–H and O–H groups in total. The van der Waals surface area contributed by atoms with Gasteiger partial charge in [0.25, 0.3) is 5.91 Å². The van der Waals surface area contributed by atoms with E-state index in [-0.39, 0.29) is 5.91 Å². The summed E-state index contributed by atoms with van der Waals surface area (Å²) in [5.74, 6) is 2.16. The van der Waals surface area contributed by atoms with Crippen molar-refractivity contribution in [3.63, 3.8) is 0 Å². The van der Waals surface area contributed by atoms with E-state index in [1.165, 1.54) is 5.56 Å². The van der Waals surface area contributed by atoms with Crippen LogP contribution < -0.4 is 4.90 Å². The van der Waals surface area contributed by atoms with Gasteiger partial charge in [-0.2, -0.15) is 0 Å². The van der Waals surface area contributed by atoms with Gasteiger partial charge in [0.05, 0.1) is 11.3 Å². The number of amides is 1. The largest absolute Gasteiger partial charge is 0.466 e. The first-order chi connectivity index (χ1) is 12.0. The molecule has 0 saturated heterocycles. The van der Waals surface area contributed by atoms with Crippen molar-refractivity contribution in [3.05, 3.63) is 58.7 Å². The van der Waals surface area contributed by atoms with Crippen LogP contribution in [0.5, 0.6) is 0 Å². The van der Waals surface area contributed by atoms with Gasteiger partial charge in [-0.3, -0.25) is 4.79 Å². The summed E-state index contributed by atoms with van der Waals surface area (Å²) in [5, 5.41) is 4.16. The Balaban J connectivity index is 1.59. The van der Waals surface area contributed by atoms with Gasteiger partial charge in [-0.1, -0.05) is 5.16 Å². The van der Waals surface area contributed by atoms with E-state index < -0.39 is 0 Å². The zero-order chi connectivity index (χ0) is 17.6. The van der Waals surface area contributed by atoms with Crippen LogP contribution >= 0.6 is 0 Å². The van der Waals surface area contributed by atoms with Gasteiger partial charge >= 0.3 is 0 Å². The van der Waals surface area contributed by atoms with Crippen LogP contribution in [-0.4, -0.2) is 18.1 Å². The normalized spacial score (nSPS) is 13.1. The molecule has 0 spiro atoms. The zero-order valence-electron chi connectivity index (χ0n) is 14.6. The van der Waals surface area contributed by atoms with Crippen molar-refractivity contribution in [2.45, 2.75) is 33.1 Å². The fourth-order valence-corrected chi connectivity index (χ4v) is 3.43. The molecule has 2 heterocycles. The number of furan rings is 1. The van der Waals surface area contributed by atoms with E-state index in [4.69, 9.17) is 8.94 Å². The van der Waals surface area contributed by atoms with Crippen molar-refractivity contribution >= 4 is 11.6 Å². The first-order valence-corrected chi connectivity index (χ1v) is 8.47. The van der Waals surface area contributed by atoms with Gasteiger partial charge in [-0.25, -0.2) is 0 Å². The lowest BCUT2D eigenvalue weighted by molar-refractivity contribution is 0.0991. The number of aromatic nitrogens is 1. The minimum atomic E-state index is -0.0809. The summed E-state index contributed by atoms with van der Waals surface area (Å²) >= 11 is 0. The Morgan fingerprint density at radius 1 is 1.16 bits per heavy atom. The molecule has 0 saturated carbocycles. The van der Waals surface area contributed by atoms with Gasteiger partial charge in [0.2, 0.25) is 0 Å². The van der Waals surface area contributed by atoms with Crippen LogP contribution in [0, 0.1) is 13.8 Å². The van der Waals surface area contributed by atoms with Gasteiger partial charge < -0.3 is 13.8 Å². The van der Waals surface area contributed by atoms with Crippen molar-refractivity contribution in [1.82, 2.24) is 5.16 Å². The number of rotatable bonds is 3. The Morgan fingerprint density at radius 2 is 1.92 bits per heavy atom. The minimum absolute atomic E-state index is 0.0809. The molecule has 5 nitrogen and oxygen atoms in total.